The first-order chi connectivity index (χ1) is 6.00. The van der Waals surface area contributed by atoms with Crippen molar-refractivity contribution in [3.05, 3.63) is 11.8 Å². The van der Waals surface area contributed by atoms with Crippen LogP contribution >= 0.6 is 12.2 Å². The van der Waals surface area contributed by atoms with E-state index in [2.05, 4.69) is 10.4 Å². The minimum Gasteiger partial charge on any atom is -0.316 e. The van der Waals surface area contributed by atoms with Gasteiger partial charge < -0.3 is 5.32 Å². The zero-order valence-corrected chi connectivity index (χ0v) is 8.72. The number of hydrogen-bond donors (Lipinski definition) is 2. The number of anilines is 1. The summed E-state index contributed by atoms with van der Waals surface area (Å²) in [5.41, 5.74) is 0.937. The molecule has 0 atom stereocenters. The third-order valence-corrected chi connectivity index (χ3v) is 1.95. The van der Waals surface area contributed by atoms with Crippen molar-refractivity contribution in [1.82, 2.24) is 14.8 Å². The molecule has 5 nitrogen and oxygen atoms in total. The molecule has 0 aliphatic carbocycles. The topological polar surface area (TPSA) is 59.1 Å². The molecule has 0 fully saturated rings. The minimum absolute atomic E-state index is 0.461. The summed E-state index contributed by atoms with van der Waals surface area (Å²) in [5, 5.41) is 8.93. The van der Waals surface area contributed by atoms with Crippen molar-refractivity contribution in [2.75, 3.05) is 12.4 Å². The fourth-order valence-corrected chi connectivity index (χ4v) is 1.03. The number of hydrogen-bond acceptors (Lipinski definition) is 3. The van der Waals surface area contributed by atoms with E-state index in [-0.39, 0.29) is 0 Å². The molecule has 0 saturated heterocycles. The number of thiocarbonyl (C=S) groups is 1. The third kappa shape index (κ3) is 2.40. The Labute approximate surface area is 82.5 Å². The molecule has 1 aromatic heterocycles. The van der Waals surface area contributed by atoms with Gasteiger partial charge in [-0.05, 0) is 19.1 Å². The maximum absolute atomic E-state index is 5.44. The lowest BCUT2D eigenvalue weighted by Gasteiger charge is -2.14. The summed E-state index contributed by atoms with van der Waals surface area (Å²) < 4.78 is 1.71. The predicted octanol–water partition coefficient (Wildman–Crippen LogP) is 0.231. The first kappa shape index (κ1) is 9.94. The number of nitrogens with two attached hydrogens (primary N) is 1. The molecular formula is C7H13N5S. The first-order valence-electron chi connectivity index (χ1n) is 3.80. The van der Waals surface area contributed by atoms with Gasteiger partial charge in [-0.15, -0.1) is 0 Å². The Balaban J connectivity index is 2.74. The molecule has 6 heteroatoms. The van der Waals surface area contributed by atoms with Crippen LogP contribution < -0.4 is 11.2 Å². The SMILES string of the molecule is Cc1cc(NC(=S)N(C)N)n(C)n1. The molecule has 0 aromatic carbocycles. The summed E-state index contributed by atoms with van der Waals surface area (Å²) in [4.78, 5) is 0. The third-order valence-electron chi connectivity index (χ3n) is 1.56. The Hall–Kier alpha value is -1.14. The summed E-state index contributed by atoms with van der Waals surface area (Å²) in [7, 11) is 3.52. The van der Waals surface area contributed by atoms with E-state index in [9.17, 15) is 0 Å². The molecule has 0 saturated carbocycles. The van der Waals surface area contributed by atoms with Crippen LogP contribution in [0.3, 0.4) is 0 Å². The van der Waals surface area contributed by atoms with Crippen molar-refractivity contribution in [1.29, 1.82) is 0 Å². The largest absolute Gasteiger partial charge is 0.316 e. The van der Waals surface area contributed by atoms with Gasteiger partial charge in [-0.1, -0.05) is 0 Å². The molecule has 1 heterocycles. The van der Waals surface area contributed by atoms with E-state index in [1.165, 1.54) is 5.01 Å². The van der Waals surface area contributed by atoms with E-state index in [1.54, 1.807) is 11.7 Å². The van der Waals surface area contributed by atoms with E-state index >= 15 is 0 Å². The fourth-order valence-electron chi connectivity index (χ4n) is 0.925. The van der Waals surface area contributed by atoms with Gasteiger partial charge in [-0.3, -0.25) is 9.69 Å². The number of aromatic nitrogens is 2. The lowest BCUT2D eigenvalue weighted by molar-refractivity contribution is 0.547. The Morgan fingerprint density at radius 2 is 2.38 bits per heavy atom. The molecule has 1 rings (SSSR count). The summed E-state index contributed by atoms with van der Waals surface area (Å²) in [6.07, 6.45) is 0. The molecule has 72 valence electrons. The van der Waals surface area contributed by atoms with Crippen molar-refractivity contribution >= 4 is 23.1 Å². The standard InChI is InChI=1S/C7H13N5S/c1-5-4-6(12(3)10-5)9-7(13)11(2)8/h4H,8H2,1-3H3,(H,9,13). The summed E-state index contributed by atoms with van der Waals surface area (Å²) >= 11 is 4.98. The number of hydrazine groups is 1. The van der Waals surface area contributed by atoms with E-state index in [4.69, 9.17) is 18.1 Å². The lowest BCUT2D eigenvalue weighted by atomic mass is 10.5. The van der Waals surface area contributed by atoms with Gasteiger partial charge in [0.05, 0.1) is 5.69 Å². The Morgan fingerprint density at radius 1 is 1.77 bits per heavy atom. The van der Waals surface area contributed by atoms with Crippen molar-refractivity contribution in [2.24, 2.45) is 12.9 Å². The van der Waals surface area contributed by atoms with Gasteiger partial charge in [0, 0.05) is 20.2 Å². The van der Waals surface area contributed by atoms with Crippen molar-refractivity contribution in [3.8, 4) is 0 Å². The van der Waals surface area contributed by atoms with Gasteiger partial charge in [0.1, 0.15) is 5.82 Å². The van der Waals surface area contributed by atoms with Crippen molar-refractivity contribution in [2.45, 2.75) is 6.92 Å². The van der Waals surface area contributed by atoms with Crippen LogP contribution in [0.4, 0.5) is 5.82 Å². The van der Waals surface area contributed by atoms with Crippen LogP contribution in [-0.2, 0) is 7.05 Å². The molecule has 3 N–H and O–H groups in total. The highest BCUT2D eigenvalue weighted by Gasteiger charge is 2.04. The van der Waals surface area contributed by atoms with Crippen LogP contribution in [0.25, 0.3) is 0 Å². The summed E-state index contributed by atoms with van der Waals surface area (Å²) in [6, 6.07) is 1.90. The van der Waals surface area contributed by atoms with Gasteiger partial charge in [0.25, 0.3) is 0 Å². The van der Waals surface area contributed by atoms with E-state index < -0.39 is 0 Å². The van der Waals surface area contributed by atoms with Gasteiger partial charge >= 0.3 is 0 Å². The summed E-state index contributed by atoms with van der Waals surface area (Å²) in [5.74, 6) is 6.27. The monoisotopic (exact) mass is 199 g/mol. The Kier molecular flexibility index (Phi) is 2.84. The van der Waals surface area contributed by atoms with E-state index in [1.807, 2.05) is 20.0 Å². The molecule has 0 aliphatic rings. The zero-order chi connectivity index (χ0) is 10.0. The second-order valence-corrected chi connectivity index (χ2v) is 3.22. The molecule has 13 heavy (non-hydrogen) atoms. The first-order valence-corrected chi connectivity index (χ1v) is 4.21. The van der Waals surface area contributed by atoms with Crippen molar-refractivity contribution in [3.63, 3.8) is 0 Å². The molecule has 0 aliphatic heterocycles. The van der Waals surface area contributed by atoms with Crippen molar-refractivity contribution < 1.29 is 0 Å². The average Bonchev–Trinajstić information content (AvgIpc) is 2.30. The number of nitrogens with zero attached hydrogens (tertiary/aromatic N) is 3. The van der Waals surface area contributed by atoms with Gasteiger partial charge in [-0.2, -0.15) is 5.10 Å². The quantitative estimate of drug-likeness (QED) is 0.385. The fraction of sp³-hybridized carbons (Fsp3) is 0.429. The zero-order valence-electron chi connectivity index (χ0n) is 7.90. The van der Waals surface area contributed by atoms with Crippen LogP contribution in [-0.4, -0.2) is 26.9 Å². The highest BCUT2D eigenvalue weighted by Crippen LogP contribution is 2.07. The smallest absolute Gasteiger partial charge is 0.188 e. The highest BCUT2D eigenvalue weighted by molar-refractivity contribution is 7.80. The highest BCUT2D eigenvalue weighted by atomic mass is 32.1. The normalized spacial score (nSPS) is 9.85. The summed E-state index contributed by atoms with van der Waals surface area (Å²) in [6.45, 7) is 1.92. The number of rotatable bonds is 1. The Bertz CT molecular complexity index is 317. The molecule has 0 spiro atoms. The lowest BCUT2D eigenvalue weighted by Crippen LogP contribution is -2.37. The van der Waals surface area contributed by atoms with Crippen LogP contribution in [0.1, 0.15) is 5.69 Å². The molecule has 0 unspecified atom stereocenters. The van der Waals surface area contributed by atoms with E-state index in [0.29, 0.717) is 5.11 Å². The number of aryl methyl sites for hydroxylation is 2. The van der Waals surface area contributed by atoms with Gasteiger partial charge in [0.15, 0.2) is 5.11 Å². The predicted molar refractivity (Wildman–Crippen MR) is 56.1 cm³/mol. The van der Waals surface area contributed by atoms with Crippen LogP contribution in [0.2, 0.25) is 0 Å². The molecule has 0 bridgehead atoms. The molecular weight excluding hydrogens is 186 g/mol. The molecule has 1 aromatic rings. The van der Waals surface area contributed by atoms with Gasteiger partial charge in [-0.25, -0.2) is 5.84 Å². The van der Waals surface area contributed by atoms with Crippen LogP contribution in [0, 0.1) is 6.92 Å². The van der Waals surface area contributed by atoms with E-state index in [0.717, 1.165) is 11.5 Å². The maximum Gasteiger partial charge on any atom is 0.188 e. The second kappa shape index (κ2) is 3.71. The number of nitrogens with one attached hydrogen (secondary N) is 1. The molecule has 0 amide bonds. The second-order valence-electron chi connectivity index (χ2n) is 2.84. The average molecular weight is 199 g/mol. The van der Waals surface area contributed by atoms with Crippen LogP contribution in [0.5, 0.6) is 0 Å². The van der Waals surface area contributed by atoms with Gasteiger partial charge in [0.2, 0.25) is 0 Å². The maximum atomic E-state index is 5.44. The minimum atomic E-state index is 0.461. The molecule has 0 radical (unpaired) electrons. The van der Waals surface area contributed by atoms with Crippen LogP contribution in [0.15, 0.2) is 6.07 Å². The Morgan fingerprint density at radius 3 is 2.77 bits per heavy atom.